The molecule has 1 atom stereocenters. The van der Waals surface area contributed by atoms with Gasteiger partial charge in [-0.1, -0.05) is 18.2 Å². The fraction of sp³-hybridized carbons (Fsp3) is 0.211. The molecule has 3 nitrogen and oxygen atoms in total. The standard InChI is InChI=1S/C19H16FNO2S2/c20-14-4-1-2-5-15(14)23-12-18(22)21-9-7-16-13(8-11-25-16)19(21)17-6-3-10-24-17/h1-6,8,10-11,19H,7,9,12H2. The van der Waals surface area contributed by atoms with E-state index in [1.165, 1.54) is 22.6 Å². The largest absolute Gasteiger partial charge is 0.481 e. The van der Waals surface area contributed by atoms with Gasteiger partial charge in [0.1, 0.15) is 0 Å². The van der Waals surface area contributed by atoms with Gasteiger partial charge in [-0.15, -0.1) is 22.7 Å². The zero-order valence-electron chi connectivity index (χ0n) is 13.4. The maximum Gasteiger partial charge on any atom is 0.261 e. The van der Waals surface area contributed by atoms with Gasteiger partial charge in [0.05, 0.1) is 6.04 Å². The quantitative estimate of drug-likeness (QED) is 0.674. The summed E-state index contributed by atoms with van der Waals surface area (Å²) in [6.07, 6.45) is 0.848. The van der Waals surface area contributed by atoms with Crippen LogP contribution < -0.4 is 4.74 Å². The molecule has 1 amide bonds. The first-order valence-corrected chi connectivity index (χ1v) is 9.76. The van der Waals surface area contributed by atoms with Crippen LogP contribution in [-0.4, -0.2) is 24.0 Å². The molecule has 3 aromatic rings. The Bertz CT molecular complexity index is 875. The number of carbonyl (C=O) groups is 1. The Morgan fingerprint density at radius 3 is 2.84 bits per heavy atom. The highest BCUT2D eigenvalue weighted by Gasteiger charge is 2.33. The summed E-state index contributed by atoms with van der Waals surface area (Å²) in [5.41, 5.74) is 1.19. The lowest BCUT2D eigenvalue weighted by Crippen LogP contribution is -2.42. The molecule has 1 aliphatic rings. The number of carbonyl (C=O) groups excluding carboxylic acids is 1. The number of benzene rings is 1. The SMILES string of the molecule is O=C(COc1ccccc1F)N1CCc2sccc2C1c1cccs1. The minimum Gasteiger partial charge on any atom is -0.481 e. The van der Waals surface area contributed by atoms with Crippen LogP contribution >= 0.6 is 22.7 Å². The maximum absolute atomic E-state index is 13.7. The van der Waals surface area contributed by atoms with Crippen LogP contribution in [0.5, 0.6) is 5.75 Å². The van der Waals surface area contributed by atoms with E-state index >= 15 is 0 Å². The molecule has 1 aliphatic heterocycles. The fourth-order valence-electron chi connectivity index (χ4n) is 3.12. The molecular formula is C19H16FNO2S2. The van der Waals surface area contributed by atoms with Gasteiger partial charge in [0.15, 0.2) is 18.2 Å². The zero-order chi connectivity index (χ0) is 17.2. The first-order chi connectivity index (χ1) is 12.2. The number of thiophene rings is 2. The molecule has 0 saturated heterocycles. The number of hydrogen-bond acceptors (Lipinski definition) is 4. The molecule has 1 unspecified atom stereocenters. The van der Waals surface area contributed by atoms with Gasteiger partial charge in [-0.2, -0.15) is 0 Å². The van der Waals surface area contributed by atoms with Crippen molar-refractivity contribution in [1.29, 1.82) is 0 Å². The number of para-hydroxylation sites is 1. The van der Waals surface area contributed by atoms with Crippen molar-refractivity contribution >= 4 is 28.6 Å². The molecule has 1 aromatic carbocycles. The molecule has 0 spiro atoms. The molecule has 2 aromatic heterocycles. The number of rotatable bonds is 4. The summed E-state index contributed by atoms with van der Waals surface area (Å²) in [6.45, 7) is 0.484. The van der Waals surface area contributed by atoms with E-state index in [0.29, 0.717) is 6.54 Å². The predicted molar refractivity (Wildman–Crippen MR) is 97.8 cm³/mol. The molecule has 128 valence electrons. The number of amides is 1. The normalized spacial score (nSPS) is 16.5. The molecule has 0 radical (unpaired) electrons. The Labute approximate surface area is 153 Å². The molecular weight excluding hydrogens is 357 g/mol. The van der Waals surface area contributed by atoms with Crippen LogP contribution in [0.15, 0.2) is 53.2 Å². The van der Waals surface area contributed by atoms with Crippen LogP contribution in [0.25, 0.3) is 0 Å². The third-order valence-corrected chi connectivity index (χ3v) is 6.21. The molecule has 0 aliphatic carbocycles. The highest BCUT2D eigenvalue weighted by atomic mass is 32.1. The number of nitrogens with zero attached hydrogens (tertiary/aromatic N) is 1. The average Bonchev–Trinajstić information content (AvgIpc) is 3.31. The van der Waals surface area contributed by atoms with Gasteiger partial charge in [0.25, 0.3) is 5.91 Å². The smallest absolute Gasteiger partial charge is 0.261 e. The van der Waals surface area contributed by atoms with E-state index in [1.807, 2.05) is 16.3 Å². The monoisotopic (exact) mass is 373 g/mol. The minimum absolute atomic E-state index is 0.0771. The summed E-state index contributed by atoms with van der Waals surface area (Å²) in [6, 6.07) is 12.2. The van der Waals surface area contributed by atoms with Crippen molar-refractivity contribution in [3.63, 3.8) is 0 Å². The van der Waals surface area contributed by atoms with Crippen molar-refractivity contribution in [2.45, 2.75) is 12.5 Å². The molecule has 0 N–H and O–H groups in total. The molecule has 3 heterocycles. The lowest BCUT2D eigenvalue weighted by molar-refractivity contribution is -0.135. The van der Waals surface area contributed by atoms with E-state index < -0.39 is 5.82 Å². The van der Waals surface area contributed by atoms with E-state index in [4.69, 9.17) is 4.74 Å². The summed E-state index contributed by atoms with van der Waals surface area (Å²) in [4.78, 5) is 17.1. The number of fused-ring (bicyclic) bond motifs is 1. The second kappa shape index (κ2) is 6.98. The van der Waals surface area contributed by atoms with Crippen molar-refractivity contribution in [3.8, 4) is 5.75 Å². The average molecular weight is 373 g/mol. The Balaban J connectivity index is 1.56. The summed E-state index contributed by atoms with van der Waals surface area (Å²) in [5.74, 6) is -0.473. The van der Waals surface area contributed by atoms with Crippen molar-refractivity contribution in [2.75, 3.05) is 13.2 Å². The van der Waals surface area contributed by atoms with Crippen LogP contribution in [0, 0.1) is 5.82 Å². The Kier molecular flexibility index (Phi) is 4.55. The molecule has 0 fully saturated rings. The molecule has 25 heavy (non-hydrogen) atoms. The number of halogens is 1. The van der Waals surface area contributed by atoms with Gasteiger partial charge in [0.2, 0.25) is 0 Å². The van der Waals surface area contributed by atoms with Crippen LogP contribution in [0.3, 0.4) is 0 Å². The predicted octanol–water partition coefficient (Wildman–Crippen LogP) is 4.50. The Morgan fingerprint density at radius 2 is 2.04 bits per heavy atom. The van der Waals surface area contributed by atoms with Gasteiger partial charge in [-0.3, -0.25) is 4.79 Å². The van der Waals surface area contributed by atoms with Gasteiger partial charge in [0, 0.05) is 16.3 Å². The van der Waals surface area contributed by atoms with E-state index in [2.05, 4.69) is 17.5 Å². The lowest BCUT2D eigenvalue weighted by atomic mass is 9.98. The van der Waals surface area contributed by atoms with Crippen molar-refractivity contribution < 1.29 is 13.9 Å². The second-order valence-electron chi connectivity index (χ2n) is 5.77. The van der Waals surface area contributed by atoms with Crippen LogP contribution in [0.1, 0.15) is 21.4 Å². The molecule has 6 heteroatoms. The summed E-state index contributed by atoms with van der Waals surface area (Å²) in [7, 11) is 0. The first kappa shape index (κ1) is 16.3. The minimum atomic E-state index is -0.455. The second-order valence-corrected chi connectivity index (χ2v) is 7.75. The van der Waals surface area contributed by atoms with Crippen molar-refractivity contribution in [1.82, 2.24) is 4.90 Å². The van der Waals surface area contributed by atoms with E-state index in [9.17, 15) is 9.18 Å². The third-order valence-electron chi connectivity index (χ3n) is 4.29. The third kappa shape index (κ3) is 3.19. The van der Waals surface area contributed by atoms with E-state index in [-0.39, 0.29) is 24.3 Å². The Morgan fingerprint density at radius 1 is 1.16 bits per heavy atom. The first-order valence-electron chi connectivity index (χ1n) is 8.00. The summed E-state index contributed by atoms with van der Waals surface area (Å²) < 4.78 is 19.1. The van der Waals surface area contributed by atoms with Gasteiger partial charge in [-0.05, 0) is 47.0 Å². The van der Waals surface area contributed by atoms with Crippen LogP contribution in [-0.2, 0) is 11.2 Å². The van der Waals surface area contributed by atoms with Crippen molar-refractivity contribution in [2.24, 2.45) is 0 Å². The highest BCUT2D eigenvalue weighted by molar-refractivity contribution is 7.10. The van der Waals surface area contributed by atoms with Crippen molar-refractivity contribution in [3.05, 3.63) is 74.4 Å². The number of hydrogen-bond donors (Lipinski definition) is 0. The molecule has 4 rings (SSSR count). The maximum atomic E-state index is 13.7. The van der Waals surface area contributed by atoms with E-state index in [1.54, 1.807) is 34.8 Å². The zero-order valence-corrected chi connectivity index (χ0v) is 15.0. The van der Waals surface area contributed by atoms with Gasteiger partial charge < -0.3 is 9.64 Å². The van der Waals surface area contributed by atoms with E-state index in [0.717, 1.165) is 11.3 Å². The van der Waals surface area contributed by atoms with Crippen LogP contribution in [0.2, 0.25) is 0 Å². The molecule has 0 saturated carbocycles. The number of ether oxygens (including phenoxy) is 1. The fourth-order valence-corrected chi connectivity index (χ4v) is 4.88. The summed E-state index contributed by atoms with van der Waals surface area (Å²) >= 11 is 3.38. The topological polar surface area (TPSA) is 29.5 Å². The Hall–Kier alpha value is -2.18. The van der Waals surface area contributed by atoms with Crippen LogP contribution in [0.4, 0.5) is 4.39 Å². The highest BCUT2D eigenvalue weighted by Crippen LogP contribution is 2.39. The van der Waals surface area contributed by atoms with Gasteiger partial charge >= 0.3 is 0 Å². The van der Waals surface area contributed by atoms with Gasteiger partial charge in [-0.25, -0.2) is 4.39 Å². The lowest BCUT2D eigenvalue weighted by Gasteiger charge is -2.35. The molecule has 0 bridgehead atoms. The summed E-state index contributed by atoms with van der Waals surface area (Å²) in [5, 5.41) is 4.10.